The Hall–Kier alpha value is -0.180. The quantitative estimate of drug-likeness (QED) is 0.745. The first kappa shape index (κ1) is 13.9. The highest BCUT2D eigenvalue weighted by atomic mass is 35.5. The lowest BCUT2D eigenvalue weighted by atomic mass is 9.92. The molecule has 0 radical (unpaired) electrons. The fraction of sp³-hybridized carbons (Fsp3) is 0.417. The van der Waals surface area contributed by atoms with Crippen molar-refractivity contribution in [1.82, 2.24) is 0 Å². The minimum atomic E-state index is -0.307. The van der Waals surface area contributed by atoms with Gasteiger partial charge in [0.05, 0.1) is 10.8 Å². The van der Waals surface area contributed by atoms with E-state index in [0.29, 0.717) is 15.8 Å². The van der Waals surface area contributed by atoms with Crippen molar-refractivity contribution < 1.29 is 4.79 Å². The van der Waals surface area contributed by atoms with Gasteiger partial charge in [-0.05, 0) is 18.2 Å². The van der Waals surface area contributed by atoms with Gasteiger partial charge in [-0.2, -0.15) is 0 Å². The Labute approximate surface area is 111 Å². The maximum absolute atomic E-state index is 11.7. The molecular formula is C12H14Cl2OS. The van der Waals surface area contributed by atoms with Gasteiger partial charge >= 0.3 is 0 Å². The second-order valence-corrected chi connectivity index (χ2v) is 6.40. The summed E-state index contributed by atoms with van der Waals surface area (Å²) < 4.78 is 0. The third kappa shape index (κ3) is 4.00. The smallest absolute Gasteiger partial charge is 0.148 e. The Morgan fingerprint density at radius 3 is 2.50 bits per heavy atom. The molecule has 0 heterocycles. The van der Waals surface area contributed by atoms with Crippen molar-refractivity contribution in [2.75, 3.05) is 5.75 Å². The van der Waals surface area contributed by atoms with Crippen molar-refractivity contribution in [1.29, 1.82) is 0 Å². The first-order chi connectivity index (χ1) is 7.30. The predicted octanol–water partition coefficient (Wildman–Crippen LogP) is 4.70. The summed E-state index contributed by atoms with van der Waals surface area (Å²) in [5.74, 6) is 0.623. The molecule has 0 fully saturated rings. The van der Waals surface area contributed by atoms with Gasteiger partial charge in [-0.25, -0.2) is 0 Å². The number of ketones is 1. The Balaban J connectivity index is 2.68. The molecule has 1 aromatic rings. The maximum Gasteiger partial charge on any atom is 0.148 e. The number of carbonyl (C=O) groups is 1. The number of halogens is 2. The van der Waals surface area contributed by atoms with E-state index >= 15 is 0 Å². The lowest BCUT2D eigenvalue weighted by molar-refractivity contribution is -0.123. The van der Waals surface area contributed by atoms with E-state index in [1.807, 2.05) is 20.8 Å². The minimum Gasteiger partial charge on any atom is -0.298 e. The molecule has 0 aliphatic rings. The largest absolute Gasteiger partial charge is 0.298 e. The van der Waals surface area contributed by atoms with Crippen molar-refractivity contribution in [3.05, 3.63) is 28.2 Å². The molecule has 0 saturated carbocycles. The molecule has 0 N–H and O–H groups in total. The average molecular weight is 277 g/mol. The molecule has 0 bridgehead atoms. The first-order valence-electron chi connectivity index (χ1n) is 4.92. The molecule has 0 aliphatic heterocycles. The second kappa shape index (κ2) is 5.44. The topological polar surface area (TPSA) is 17.1 Å². The van der Waals surface area contributed by atoms with Crippen molar-refractivity contribution in [2.45, 2.75) is 25.7 Å². The number of carbonyl (C=O) groups excluding carboxylic acids is 1. The molecule has 0 atom stereocenters. The van der Waals surface area contributed by atoms with Crippen LogP contribution in [0.15, 0.2) is 23.1 Å². The molecule has 1 rings (SSSR count). The van der Waals surface area contributed by atoms with Crippen LogP contribution in [0.1, 0.15) is 20.8 Å². The summed E-state index contributed by atoms with van der Waals surface area (Å²) in [5.41, 5.74) is -0.307. The lowest BCUT2D eigenvalue weighted by Crippen LogP contribution is -2.21. The molecule has 16 heavy (non-hydrogen) atoms. The Kier molecular flexibility index (Phi) is 4.72. The van der Waals surface area contributed by atoms with Gasteiger partial charge in [0.25, 0.3) is 0 Å². The summed E-state index contributed by atoms with van der Waals surface area (Å²) in [4.78, 5) is 12.6. The molecule has 0 spiro atoms. The third-order valence-corrected chi connectivity index (χ3v) is 3.82. The van der Waals surface area contributed by atoms with Gasteiger partial charge in [-0.15, -0.1) is 11.8 Å². The van der Waals surface area contributed by atoms with Gasteiger partial charge in [0, 0.05) is 15.3 Å². The highest BCUT2D eigenvalue weighted by Gasteiger charge is 2.21. The van der Waals surface area contributed by atoms with E-state index in [9.17, 15) is 4.79 Å². The van der Waals surface area contributed by atoms with E-state index in [0.717, 1.165) is 4.90 Å². The van der Waals surface area contributed by atoms with Crippen LogP contribution >= 0.6 is 35.0 Å². The van der Waals surface area contributed by atoms with Crippen molar-refractivity contribution in [2.24, 2.45) is 5.41 Å². The molecule has 0 aliphatic carbocycles. The fourth-order valence-electron chi connectivity index (χ4n) is 0.948. The van der Waals surface area contributed by atoms with Crippen LogP contribution in [0, 0.1) is 5.41 Å². The summed E-state index contributed by atoms with van der Waals surface area (Å²) in [7, 11) is 0. The summed E-state index contributed by atoms with van der Waals surface area (Å²) in [6, 6.07) is 5.26. The maximum atomic E-state index is 11.7. The highest BCUT2D eigenvalue weighted by Crippen LogP contribution is 2.31. The average Bonchev–Trinajstić information content (AvgIpc) is 2.17. The molecule has 88 valence electrons. The van der Waals surface area contributed by atoms with Crippen molar-refractivity contribution in [3.8, 4) is 0 Å². The minimum absolute atomic E-state index is 0.202. The number of hydrogen-bond acceptors (Lipinski definition) is 2. The third-order valence-electron chi connectivity index (χ3n) is 2.09. The summed E-state index contributed by atoms with van der Waals surface area (Å²) >= 11 is 13.3. The number of hydrogen-bond donors (Lipinski definition) is 0. The number of benzene rings is 1. The van der Waals surface area contributed by atoms with Crippen LogP contribution in [0.25, 0.3) is 0 Å². The van der Waals surface area contributed by atoms with Crippen LogP contribution < -0.4 is 0 Å². The number of thioether (sulfide) groups is 1. The second-order valence-electron chi connectivity index (χ2n) is 4.54. The van der Waals surface area contributed by atoms with E-state index in [1.54, 1.807) is 18.2 Å². The Morgan fingerprint density at radius 2 is 1.94 bits per heavy atom. The van der Waals surface area contributed by atoms with Gasteiger partial charge in [-0.3, -0.25) is 4.79 Å². The predicted molar refractivity (Wildman–Crippen MR) is 71.6 cm³/mol. The SMILES string of the molecule is CC(C)(C)C(=O)CSc1cc(Cl)ccc1Cl. The van der Waals surface area contributed by atoms with E-state index in [-0.39, 0.29) is 11.2 Å². The van der Waals surface area contributed by atoms with Gasteiger partial charge in [-0.1, -0.05) is 44.0 Å². The molecular weight excluding hydrogens is 263 g/mol. The lowest BCUT2D eigenvalue weighted by Gasteiger charge is -2.16. The van der Waals surface area contributed by atoms with Crippen LogP contribution in [-0.4, -0.2) is 11.5 Å². The zero-order valence-corrected chi connectivity index (χ0v) is 11.8. The van der Waals surface area contributed by atoms with Crippen molar-refractivity contribution in [3.63, 3.8) is 0 Å². The zero-order chi connectivity index (χ0) is 12.3. The summed E-state index contributed by atoms with van der Waals surface area (Å²) in [6.45, 7) is 5.74. The van der Waals surface area contributed by atoms with E-state index in [2.05, 4.69) is 0 Å². The fourth-order valence-corrected chi connectivity index (χ4v) is 2.60. The van der Waals surface area contributed by atoms with Gasteiger partial charge in [0.15, 0.2) is 0 Å². The molecule has 1 nitrogen and oxygen atoms in total. The zero-order valence-electron chi connectivity index (χ0n) is 9.51. The molecule has 0 aromatic heterocycles. The van der Waals surface area contributed by atoms with Crippen LogP contribution in [0.2, 0.25) is 10.0 Å². The normalized spacial score (nSPS) is 11.6. The number of rotatable bonds is 3. The molecule has 0 saturated heterocycles. The highest BCUT2D eigenvalue weighted by molar-refractivity contribution is 8.00. The molecule has 1 aromatic carbocycles. The number of Topliss-reactive ketones (excluding diaryl/α,β-unsaturated/α-hetero) is 1. The molecule has 0 unspecified atom stereocenters. The monoisotopic (exact) mass is 276 g/mol. The standard InChI is InChI=1S/C12H14Cl2OS/c1-12(2,3)11(15)7-16-10-6-8(13)4-5-9(10)14/h4-6H,7H2,1-3H3. The van der Waals surface area contributed by atoms with Crippen LogP contribution in [0.4, 0.5) is 0 Å². The summed E-state index contributed by atoms with van der Waals surface area (Å²) in [5, 5.41) is 1.27. The van der Waals surface area contributed by atoms with E-state index < -0.39 is 0 Å². The van der Waals surface area contributed by atoms with Crippen LogP contribution in [-0.2, 0) is 4.79 Å². The Bertz CT molecular complexity index is 396. The van der Waals surface area contributed by atoms with Crippen LogP contribution in [0.5, 0.6) is 0 Å². The molecule has 4 heteroatoms. The van der Waals surface area contributed by atoms with Gasteiger partial charge in [0.1, 0.15) is 5.78 Å². The Morgan fingerprint density at radius 1 is 1.31 bits per heavy atom. The van der Waals surface area contributed by atoms with Gasteiger partial charge < -0.3 is 0 Å². The van der Waals surface area contributed by atoms with Crippen molar-refractivity contribution >= 4 is 40.7 Å². The first-order valence-corrected chi connectivity index (χ1v) is 6.66. The molecule has 0 amide bonds. The van der Waals surface area contributed by atoms with E-state index in [4.69, 9.17) is 23.2 Å². The summed E-state index contributed by atoms with van der Waals surface area (Å²) in [6.07, 6.45) is 0. The van der Waals surface area contributed by atoms with Gasteiger partial charge in [0.2, 0.25) is 0 Å². The van der Waals surface area contributed by atoms with Crippen LogP contribution in [0.3, 0.4) is 0 Å². The van der Waals surface area contributed by atoms with E-state index in [1.165, 1.54) is 11.8 Å².